The van der Waals surface area contributed by atoms with Gasteiger partial charge in [0.25, 0.3) is 0 Å². The highest BCUT2D eigenvalue weighted by Crippen LogP contribution is 2.21. The Hall–Kier alpha value is -4.62. The lowest BCUT2D eigenvalue weighted by atomic mass is 10.0. The number of amides is 1. The van der Waals surface area contributed by atoms with E-state index in [1.165, 1.54) is 11.6 Å². The van der Waals surface area contributed by atoms with E-state index in [2.05, 4.69) is 22.4 Å². The van der Waals surface area contributed by atoms with Crippen molar-refractivity contribution in [1.82, 2.24) is 20.1 Å². The van der Waals surface area contributed by atoms with Crippen molar-refractivity contribution in [3.63, 3.8) is 0 Å². The van der Waals surface area contributed by atoms with Crippen LogP contribution in [0.15, 0.2) is 97.3 Å². The van der Waals surface area contributed by atoms with Gasteiger partial charge in [0.2, 0.25) is 5.91 Å². The van der Waals surface area contributed by atoms with Crippen molar-refractivity contribution in [2.75, 3.05) is 0 Å². The topological polar surface area (TPSA) is 100 Å². The van der Waals surface area contributed by atoms with Crippen molar-refractivity contribution in [2.24, 2.45) is 0 Å². The van der Waals surface area contributed by atoms with Gasteiger partial charge in [-0.1, -0.05) is 66.2 Å². The lowest BCUT2D eigenvalue weighted by Crippen LogP contribution is -2.41. The summed E-state index contributed by atoms with van der Waals surface area (Å²) in [6, 6.07) is 24.1. The van der Waals surface area contributed by atoms with Crippen LogP contribution in [0, 0.1) is 0 Å². The molecule has 0 spiro atoms. The van der Waals surface area contributed by atoms with Gasteiger partial charge in [-0.25, -0.2) is 9.48 Å². The van der Waals surface area contributed by atoms with E-state index in [9.17, 15) is 14.7 Å². The quantitative estimate of drug-likeness (QED) is 0.201. The summed E-state index contributed by atoms with van der Waals surface area (Å²) in [7, 11) is 0. The number of nitrogens with one attached hydrogen (secondary N) is 2. The number of fused-ring (bicyclic) bond motifs is 1. The van der Waals surface area contributed by atoms with Gasteiger partial charge >= 0.3 is 5.97 Å². The van der Waals surface area contributed by atoms with Crippen LogP contribution in [0.25, 0.3) is 22.7 Å². The molecule has 5 aromatic rings. The van der Waals surface area contributed by atoms with Crippen molar-refractivity contribution in [3.05, 3.63) is 125 Å². The molecule has 0 aliphatic heterocycles. The number of carbonyl (C=O) groups excluding carboxylic acids is 1. The molecule has 0 aliphatic carbocycles. The number of nitrogens with zero attached hydrogens (tertiary/aromatic N) is 2. The van der Waals surface area contributed by atoms with E-state index in [1.54, 1.807) is 23.0 Å². The molecule has 0 saturated carbocycles. The number of rotatable bonds is 10. The second kappa shape index (κ2) is 11.8. The molecule has 0 radical (unpaired) electrons. The number of aromatic nitrogens is 3. The molecule has 39 heavy (non-hydrogen) atoms. The molecule has 0 fully saturated rings. The fraction of sp³-hybridized carbons (Fsp3) is 0.129. The smallest absolute Gasteiger partial charge is 0.326 e. The van der Waals surface area contributed by atoms with Crippen molar-refractivity contribution in [1.29, 1.82) is 0 Å². The first-order valence-electron chi connectivity index (χ1n) is 12.6. The number of aryl methyl sites for hydroxylation is 2. The van der Waals surface area contributed by atoms with E-state index in [1.807, 2.05) is 66.9 Å². The lowest BCUT2D eigenvalue weighted by molar-refractivity contribution is -0.141. The van der Waals surface area contributed by atoms with Crippen LogP contribution < -0.4 is 5.32 Å². The Morgan fingerprint density at radius 3 is 2.62 bits per heavy atom. The molecule has 0 unspecified atom stereocenters. The van der Waals surface area contributed by atoms with Crippen LogP contribution in [0.3, 0.4) is 0 Å². The Labute approximate surface area is 230 Å². The second-order valence-electron chi connectivity index (χ2n) is 9.24. The van der Waals surface area contributed by atoms with Gasteiger partial charge in [0.05, 0.1) is 11.4 Å². The van der Waals surface area contributed by atoms with E-state index in [0.29, 0.717) is 11.4 Å². The monoisotopic (exact) mass is 538 g/mol. The summed E-state index contributed by atoms with van der Waals surface area (Å²) in [5.74, 6) is -1.59. The number of H-pyrrole nitrogens is 1. The molecular weight excluding hydrogens is 512 g/mol. The fourth-order valence-corrected chi connectivity index (χ4v) is 4.71. The largest absolute Gasteiger partial charge is 0.480 e. The number of benzene rings is 3. The SMILES string of the molecule is O=C(/C=C/c1cn(-c2cccc(Cl)c2)nc1CCc1ccccc1)N[C@@H](Cc1c[nH]c2ccccc12)C(=O)O. The van der Waals surface area contributed by atoms with Crippen LogP contribution in [0.1, 0.15) is 22.4 Å². The predicted octanol–water partition coefficient (Wildman–Crippen LogP) is 5.62. The summed E-state index contributed by atoms with van der Waals surface area (Å²) in [5.41, 5.74) is 5.32. The van der Waals surface area contributed by atoms with Crippen LogP contribution in [-0.2, 0) is 28.9 Å². The maximum atomic E-state index is 12.8. The third-order valence-electron chi connectivity index (χ3n) is 6.52. The number of hydrogen-bond acceptors (Lipinski definition) is 3. The minimum Gasteiger partial charge on any atom is -0.480 e. The highest BCUT2D eigenvalue weighted by Gasteiger charge is 2.21. The van der Waals surface area contributed by atoms with Crippen LogP contribution in [-0.4, -0.2) is 37.8 Å². The Bertz CT molecular complexity index is 1640. The number of hydrogen-bond donors (Lipinski definition) is 3. The highest BCUT2D eigenvalue weighted by atomic mass is 35.5. The summed E-state index contributed by atoms with van der Waals surface area (Å²) in [5, 5.41) is 18.7. The Kier molecular flexibility index (Phi) is 7.89. The molecule has 2 aromatic heterocycles. The van der Waals surface area contributed by atoms with Gasteiger partial charge in [-0.05, 0) is 54.3 Å². The summed E-state index contributed by atoms with van der Waals surface area (Å²) >= 11 is 6.18. The molecule has 196 valence electrons. The zero-order chi connectivity index (χ0) is 27.2. The number of carboxylic acid groups (broad SMARTS) is 1. The Morgan fingerprint density at radius 1 is 1.03 bits per heavy atom. The maximum Gasteiger partial charge on any atom is 0.326 e. The molecule has 0 saturated heterocycles. The van der Waals surface area contributed by atoms with Crippen molar-refractivity contribution >= 4 is 40.5 Å². The summed E-state index contributed by atoms with van der Waals surface area (Å²) in [4.78, 5) is 27.9. The molecule has 1 atom stereocenters. The molecule has 8 heteroatoms. The predicted molar refractivity (Wildman–Crippen MR) is 153 cm³/mol. The first kappa shape index (κ1) is 26.0. The Morgan fingerprint density at radius 2 is 1.82 bits per heavy atom. The zero-order valence-electron chi connectivity index (χ0n) is 21.0. The van der Waals surface area contributed by atoms with Crippen molar-refractivity contribution in [3.8, 4) is 5.69 Å². The van der Waals surface area contributed by atoms with E-state index < -0.39 is 17.9 Å². The maximum absolute atomic E-state index is 12.8. The molecular formula is C31H27ClN4O3. The number of aliphatic carboxylic acids is 1. The van der Waals surface area contributed by atoms with Crippen LogP contribution in [0.4, 0.5) is 0 Å². The van der Waals surface area contributed by atoms with Gasteiger partial charge in [-0.2, -0.15) is 5.10 Å². The molecule has 5 rings (SSSR count). The Balaban J connectivity index is 1.34. The molecule has 3 N–H and O–H groups in total. The number of aromatic amines is 1. The standard InChI is InChI=1S/C31H27ClN4O3/c32-24-9-6-10-25(18-24)36-20-22(27(35-36)15-13-21-7-2-1-3-8-21)14-16-30(37)34-29(31(38)39)17-23-19-33-28-12-5-4-11-26(23)28/h1-12,14,16,18-20,29,33H,13,15,17H2,(H,34,37)(H,38,39)/b16-14+/t29-/m0/s1. The molecule has 0 bridgehead atoms. The van der Waals surface area contributed by atoms with Gasteiger partial charge in [-0.3, -0.25) is 4.79 Å². The average Bonchev–Trinajstić information content (AvgIpc) is 3.55. The van der Waals surface area contributed by atoms with E-state index in [0.717, 1.165) is 39.8 Å². The van der Waals surface area contributed by atoms with Gasteiger partial charge in [0.15, 0.2) is 0 Å². The molecule has 1 amide bonds. The van der Waals surface area contributed by atoms with Crippen LogP contribution in [0.2, 0.25) is 5.02 Å². The minimum atomic E-state index is -1.10. The first-order chi connectivity index (χ1) is 19.0. The summed E-state index contributed by atoms with van der Waals surface area (Å²) in [6.07, 6.45) is 8.27. The zero-order valence-corrected chi connectivity index (χ0v) is 21.8. The fourth-order valence-electron chi connectivity index (χ4n) is 4.52. The first-order valence-corrected chi connectivity index (χ1v) is 13.0. The molecule has 3 aromatic carbocycles. The second-order valence-corrected chi connectivity index (χ2v) is 9.67. The number of carbonyl (C=O) groups is 2. The van der Waals surface area contributed by atoms with Crippen molar-refractivity contribution < 1.29 is 14.7 Å². The third kappa shape index (κ3) is 6.45. The summed E-state index contributed by atoms with van der Waals surface area (Å²) in [6.45, 7) is 0. The number of halogens is 1. The number of carboxylic acids is 1. The van der Waals surface area contributed by atoms with Gasteiger partial charge in [0.1, 0.15) is 6.04 Å². The van der Waals surface area contributed by atoms with Gasteiger partial charge < -0.3 is 15.4 Å². The van der Waals surface area contributed by atoms with E-state index in [4.69, 9.17) is 16.7 Å². The minimum absolute atomic E-state index is 0.161. The normalized spacial score (nSPS) is 12.1. The van der Waals surface area contributed by atoms with Gasteiger partial charge in [-0.15, -0.1) is 0 Å². The number of para-hydroxylation sites is 1. The molecule has 2 heterocycles. The summed E-state index contributed by atoms with van der Waals surface area (Å²) < 4.78 is 1.74. The van der Waals surface area contributed by atoms with Crippen molar-refractivity contribution in [2.45, 2.75) is 25.3 Å². The van der Waals surface area contributed by atoms with E-state index >= 15 is 0 Å². The van der Waals surface area contributed by atoms with E-state index in [-0.39, 0.29) is 6.42 Å². The average molecular weight is 539 g/mol. The van der Waals surface area contributed by atoms with Crippen LogP contribution >= 0.6 is 11.6 Å². The highest BCUT2D eigenvalue weighted by molar-refractivity contribution is 6.30. The molecule has 0 aliphatic rings. The molecule has 7 nitrogen and oxygen atoms in total. The van der Waals surface area contributed by atoms with Gasteiger partial charge in [0, 0.05) is 46.4 Å². The van der Waals surface area contributed by atoms with Crippen LogP contribution in [0.5, 0.6) is 0 Å². The third-order valence-corrected chi connectivity index (χ3v) is 6.75. The lowest BCUT2D eigenvalue weighted by Gasteiger charge is -2.12.